The summed E-state index contributed by atoms with van der Waals surface area (Å²) in [5, 5.41) is 7.73. The molecule has 0 bridgehead atoms. The lowest BCUT2D eigenvalue weighted by Gasteiger charge is -2.10. The van der Waals surface area contributed by atoms with Gasteiger partial charge < -0.3 is 10.6 Å². The van der Waals surface area contributed by atoms with Gasteiger partial charge in [0.1, 0.15) is 0 Å². The second kappa shape index (κ2) is 7.19. The Bertz CT molecular complexity index is 603. The summed E-state index contributed by atoms with van der Waals surface area (Å²) in [7, 11) is 1.78. The van der Waals surface area contributed by atoms with Crippen molar-refractivity contribution < 1.29 is 0 Å². The predicted octanol–water partition coefficient (Wildman–Crippen LogP) is 3.45. The maximum absolute atomic E-state index is 4.43. The Morgan fingerprint density at radius 3 is 2.55 bits per heavy atom. The van der Waals surface area contributed by atoms with E-state index in [9.17, 15) is 0 Å². The molecule has 2 heterocycles. The van der Waals surface area contributed by atoms with Gasteiger partial charge in [0.15, 0.2) is 5.96 Å². The number of hydrogen-bond acceptors (Lipinski definition) is 4. The molecule has 0 aromatic carbocycles. The Morgan fingerprint density at radius 1 is 1.25 bits per heavy atom. The second-order valence-electron chi connectivity index (χ2n) is 4.23. The van der Waals surface area contributed by atoms with Gasteiger partial charge in [-0.25, -0.2) is 4.98 Å². The number of thiazole rings is 1. The maximum Gasteiger partial charge on any atom is 0.191 e. The first-order chi connectivity index (χ1) is 9.58. The van der Waals surface area contributed by atoms with Crippen LogP contribution in [0.2, 0.25) is 0 Å². The molecule has 0 radical (unpaired) electrons. The minimum absolute atomic E-state index is 0.755. The van der Waals surface area contributed by atoms with Gasteiger partial charge in [0.25, 0.3) is 0 Å². The van der Waals surface area contributed by atoms with E-state index in [4.69, 9.17) is 0 Å². The molecule has 0 fully saturated rings. The van der Waals surface area contributed by atoms with Crippen LogP contribution in [0.3, 0.4) is 0 Å². The molecule has 108 valence electrons. The van der Waals surface area contributed by atoms with Crippen LogP contribution in [0.15, 0.2) is 20.9 Å². The van der Waals surface area contributed by atoms with E-state index >= 15 is 0 Å². The second-order valence-corrected chi connectivity index (χ2v) is 8.06. The smallest absolute Gasteiger partial charge is 0.191 e. The number of aromatic nitrogens is 1. The van der Waals surface area contributed by atoms with E-state index in [1.165, 1.54) is 9.75 Å². The van der Waals surface area contributed by atoms with Crippen molar-refractivity contribution in [2.45, 2.75) is 26.9 Å². The Labute approximate surface area is 135 Å². The summed E-state index contributed by atoms with van der Waals surface area (Å²) in [6, 6.07) is 4.16. The van der Waals surface area contributed by atoms with Crippen molar-refractivity contribution in [1.82, 2.24) is 15.6 Å². The molecule has 0 saturated heterocycles. The number of guanidine groups is 1. The SMILES string of the molecule is CN=C(NCc1ccc(Br)s1)NCc1sc(C)nc1C. The van der Waals surface area contributed by atoms with Gasteiger partial charge in [-0.3, -0.25) is 4.99 Å². The van der Waals surface area contributed by atoms with Crippen LogP contribution in [0.4, 0.5) is 0 Å². The maximum atomic E-state index is 4.43. The Balaban J connectivity index is 1.85. The lowest BCUT2D eigenvalue weighted by molar-refractivity contribution is 0.818. The highest BCUT2D eigenvalue weighted by Crippen LogP contribution is 2.21. The average molecular weight is 373 g/mol. The molecule has 2 N–H and O–H groups in total. The first-order valence-corrected chi connectivity index (χ1v) is 8.62. The third-order valence-electron chi connectivity index (χ3n) is 2.70. The van der Waals surface area contributed by atoms with Crippen LogP contribution in [0, 0.1) is 13.8 Å². The lowest BCUT2D eigenvalue weighted by atomic mass is 10.4. The predicted molar refractivity (Wildman–Crippen MR) is 90.6 cm³/mol. The molecule has 0 atom stereocenters. The molecule has 0 unspecified atom stereocenters. The van der Waals surface area contributed by atoms with Crippen molar-refractivity contribution >= 4 is 44.6 Å². The quantitative estimate of drug-likeness (QED) is 0.638. The normalized spacial score (nSPS) is 11.7. The summed E-state index contributed by atoms with van der Waals surface area (Å²) < 4.78 is 1.15. The molecule has 2 aromatic heterocycles. The van der Waals surface area contributed by atoms with E-state index in [1.54, 1.807) is 29.7 Å². The number of aliphatic imine (C=N–C) groups is 1. The van der Waals surface area contributed by atoms with E-state index < -0.39 is 0 Å². The highest BCUT2D eigenvalue weighted by Gasteiger charge is 2.06. The molecule has 7 heteroatoms. The molecule has 0 amide bonds. The average Bonchev–Trinajstić information content (AvgIpc) is 2.96. The van der Waals surface area contributed by atoms with Crippen molar-refractivity contribution in [2.75, 3.05) is 7.05 Å². The zero-order valence-electron chi connectivity index (χ0n) is 11.7. The van der Waals surface area contributed by atoms with Gasteiger partial charge >= 0.3 is 0 Å². The summed E-state index contributed by atoms with van der Waals surface area (Å²) in [5.74, 6) is 0.806. The van der Waals surface area contributed by atoms with Crippen molar-refractivity contribution in [3.05, 3.63) is 36.4 Å². The van der Waals surface area contributed by atoms with Crippen LogP contribution < -0.4 is 10.6 Å². The number of nitrogens with one attached hydrogen (secondary N) is 2. The van der Waals surface area contributed by atoms with Crippen molar-refractivity contribution in [2.24, 2.45) is 4.99 Å². The number of hydrogen-bond donors (Lipinski definition) is 2. The molecule has 0 spiro atoms. The number of nitrogens with zero attached hydrogens (tertiary/aromatic N) is 2. The van der Waals surface area contributed by atoms with Crippen molar-refractivity contribution in [3.8, 4) is 0 Å². The molecule has 20 heavy (non-hydrogen) atoms. The van der Waals surface area contributed by atoms with Gasteiger partial charge in [-0.2, -0.15) is 0 Å². The van der Waals surface area contributed by atoms with Crippen LogP contribution >= 0.6 is 38.6 Å². The third-order valence-corrected chi connectivity index (χ3v) is 5.40. The first-order valence-electron chi connectivity index (χ1n) is 6.20. The monoisotopic (exact) mass is 372 g/mol. The number of rotatable bonds is 4. The van der Waals surface area contributed by atoms with E-state index in [1.807, 2.05) is 13.8 Å². The standard InChI is InChI=1S/C13H17BrN4S2/c1-8-11(19-9(2)18-8)7-17-13(15-3)16-6-10-4-5-12(14)20-10/h4-5H,6-7H2,1-3H3,(H2,15,16,17). The number of aryl methyl sites for hydroxylation is 2. The molecule has 0 aliphatic carbocycles. The van der Waals surface area contributed by atoms with Crippen molar-refractivity contribution in [3.63, 3.8) is 0 Å². The van der Waals surface area contributed by atoms with Gasteiger partial charge in [-0.15, -0.1) is 22.7 Å². The largest absolute Gasteiger partial charge is 0.352 e. The topological polar surface area (TPSA) is 49.3 Å². The summed E-state index contributed by atoms with van der Waals surface area (Å²) in [6.07, 6.45) is 0. The summed E-state index contributed by atoms with van der Waals surface area (Å²) in [4.78, 5) is 11.2. The third kappa shape index (κ3) is 4.29. The van der Waals surface area contributed by atoms with Crippen LogP contribution in [0.5, 0.6) is 0 Å². The van der Waals surface area contributed by atoms with Gasteiger partial charge in [-0.1, -0.05) is 0 Å². The zero-order valence-corrected chi connectivity index (χ0v) is 14.9. The summed E-state index contributed by atoms with van der Waals surface area (Å²) >= 11 is 6.92. The molecule has 4 nitrogen and oxygen atoms in total. The zero-order chi connectivity index (χ0) is 14.5. The fourth-order valence-corrected chi connectivity index (χ4v) is 4.04. The molecular weight excluding hydrogens is 356 g/mol. The first kappa shape index (κ1) is 15.5. The Kier molecular flexibility index (Phi) is 5.56. The number of thiophene rings is 1. The molecule has 0 aliphatic rings. The van der Waals surface area contributed by atoms with Gasteiger partial charge in [0, 0.05) is 16.8 Å². The van der Waals surface area contributed by atoms with Gasteiger partial charge in [0.05, 0.1) is 27.6 Å². The molecule has 2 aromatic rings. The van der Waals surface area contributed by atoms with E-state index in [0.717, 1.165) is 33.5 Å². The molecule has 0 aliphatic heterocycles. The minimum Gasteiger partial charge on any atom is -0.352 e. The Hall–Kier alpha value is -0.920. The van der Waals surface area contributed by atoms with Crippen LogP contribution in [-0.2, 0) is 13.1 Å². The van der Waals surface area contributed by atoms with E-state index in [2.05, 4.69) is 48.7 Å². The fourth-order valence-electron chi connectivity index (χ4n) is 1.74. The molecular formula is C13H17BrN4S2. The number of halogens is 1. The lowest BCUT2D eigenvalue weighted by Crippen LogP contribution is -2.36. The van der Waals surface area contributed by atoms with E-state index in [0.29, 0.717) is 0 Å². The van der Waals surface area contributed by atoms with Gasteiger partial charge in [-0.05, 0) is 41.9 Å². The van der Waals surface area contributed by atoms with Gasteiger partial charge in [0.2, 0.25) is 0 Å². The molecule has 0 saturated carbocycles. The molecule has 2 rings (SSSR count). The van der Waals surface area contributed by atoms with E-state index in [-0.39, 0.29) is 0 Å². The summed E-state index contributed by atoms with van der Waals surface area (Å²) in [6.45, 7) is 5.60. The van der Waals surface area contributed by atoms with Crippen LogP contribution in [-0.4, -0.2) is 18.0 Å². The fraction of sp³-hybridized carbons (Fsp3) is 0.385. The van der Waals surface area contributed by atoms with Crippen molar-refractivity contribution in [1.29, 1.82) is 0 Å². The van der Waals surface area contributed by atoms with Crippen LogP contribution in [0.1, 0.15) is 20.5 Å². The highest BCUT2D eigenvalue weighted by molar-refractivity contribution is 9.11. The minimum atomic E-state index is 0.755. The summed E-state index contributed by atoms with van der Waals surface area (Å²) in [5.41, 5.74) is 1.10. The Morgan fingerprint density at radius 2 is 2.00 bits per heavy atom. The highest BCUT2D eigenvalue weighted by atomic mass is 79.9. The van der Waals surface area contributed by atoms with Crippen LogP contribution in [0.25, 0.3) is 0 Å².